The Labute approximate surface area is 82.3 Å². The summed E-state index contributed by atoms with van der Waals surface area (Å²) in [6.45, 7) is 1.81. The van der Waals surface area contributed by atoms with Crippen LogP contribution in [0.1, 0.15) is 12.5 Å². The maximum atomic E-state index is 12.9. The lowest BCUT2D eigenvalue weighted by Crippen LogP contribution is -2.18. The summed E-state index contributed by atoms with van der Waals surface area (Å²) >= 11 is 0. The van der Waals surface area contributed by atoms with Crippen LogP contribution in [0.5, 0.6) is 11.5 Å². The molecule has 0 radical (unpaired) electrons. The first-order valence-corrected chi connectivity index (χ1v) is 4.35. The number of nitrogens with two attached hydrogens (primary N) is 1. The average Bonchev–Trinajstić information content (AvgIpc) is 2.08. The van der Waals surface area contributed by atoms with E-state index < -0.39 is 5.82 Å². The highest BCUT2D eigenvalue weighted by molar-refractivity contribution is 5.44. The Hall–Kier alpha value is -1.29. The third-order valence-corrected chi connectivity index (χ3v) is 1.90. The number of benzene rings is 1. The van der Waals surface area contributed by atoms with Gasteiger partial charge in [-0.15, -0.1) is 0 Å². The van der Waals surface area contributed by atoms with Crippen LogP contribution in [0.4, 0.5) is 4.39 Å². The maximum Gasteiger partial charge on any atom is 0.130 e. The van der Waals surface area contributed by atoms with Gasteiger partial charge < -0.3 is 15.6 Å². The lowest BCUT2D eigenvalue weighted by atomic mass is 10.1. The smallest absolute Gasteiger partial charge is 0.130 e. The summed E-state index contributed by atoms with van der Waals surface area (Å²) in [4.78, 5) is 0. The molecule has 1 aromatic rings. The van der Waals surface area contributed by atoms with Crippen molar-refractivity contribution < 1.29 is 14.2 Å². The molecule has 0 spiro atoms. The Morgan fingerprint density at radius 1 is 1.57 bits per heavy atom. The number of phenolic OH excluding ortho intramolecular Hbond substituents is 1. The number of halogens is 1. The first-order valence-electron chi connectivity index (χ1n) is 4.35. The van der Waals surface area contributed by atoms with Gasteiger partial charge in [0.15, 0.2) is 0 Å². The van der Waals surface area contributed by atoms with Crippen molar-refractivity contribution in [2.45, 2.75) is 19.4 Å². The summed E-state index contributed by atoms with van der Waals surface area (Å²) in [5, 5.41) is 9.48. The first kappa shape index (κ1) is 10.8. The average molecular weight is 199 g/mol. The van der Waals surface area contributed by atoms with E-state index in [1.54, 1.807) is 0 Å². The number of ether oxygens (including phenoxy) is 1. The van der Waals surface area contributed by atoms with Crippen molar-refractivity contribution in [3.63, 3.8) is 0 Å². The van der Waals surface area contributed by atoms with Gasteiger partial charge in [0, 0.05) is 23.7 Å². The van der Waals surface area contributed by atoms with E-state index in [9.17, 15) is 9.50 Å². The first-order chi connectivity index (χ1) is 6.54. The van der Waals surface area contributed by atoms with Gasteiger partial charge in [0.2, 0.25) is 0 Å². The molecule has 0 heterocycles. The van der Waals surface area contributed by atoms with Crippen LogP contribution in [0.25, 0.3) is 0 Å². The topological polar surface area (TPSA) is 55.5 Å². The largest absolute Gasteiger partial charge is 0.507 e. The van der Waals surface area contributed by atoms with Gasteiger partial charge in [0.05, 0.1) is 7.11 Å². The van der Waals surface area contributed by atoms with Crippen molar-refractivity contribution in [1.82, 2.24) is 0 Å². The van der Waals surface area contributed by atoms with E-state index in [1.807, 2.05) is 6.92 Å². The maximum absolute atomic E-state index is 12.9. The standard InChI is InChI=1S/C10H14FNO2/c1-6(12)3-8-9(13)4-7(11)5-10(8)14-2/h4-6,13H,3,12H2,1-2H3. The molecule has 0 amide bonds. The van der Waals surface area contributed by atoms with Crippen molar-refractivity contribution >= 4 is 0 Å². The third kappa shape index (κ3) is 2.35. The molecule has 0 aliphatic heterocycles. The molecular formula is C10H14FNO2. The number of rotatable bonds is 3. The highest BCUT2D eigenvalue weighted by atomic mass is 19.1. The Kier molecular flexibility index (Phi) is 3.30. The van der Waals surface area contributed by atoms with Crippen molar-refractivity contribution in [1.29, 1.82) is 0 Å². The lowest BCUT2D eigenvalue weighted by Gasteiger charge is -2.12. The van der Waals surface area contributed by atoms with Gasteiger partial charge in [-0.25, -0.2) is 4.39 Å². The van der Waals surface area contributed by atoms with Gasteiger partial charge in [-0.05, 0) is 13.3 Å². The Morgan fingerprint density at radius 3 is 2.71 bits per heavy atom. The molecule has 78 valence electrons. The molecule has 0 aliphatic carbocycles. The van der Waals surface area contributed by atoms with Gasteiger partial charge in [0.1, 0.15) is 17.3 Å². The summed E-state index contributed by atoms with van der Waals surface area (Å²) in [6, 6.07) is 2.18. The molecule has 0 saturated carbocycles. The van der Waals surface area contributed by atoms with Crippen LogP contribution in [0.15, 0.2) is 12.1 Å². The minimum atomic E-state index is -0.521. The summed E-state index contributed by atoms with van der Waals surface area (Å²) in [5.74, 6) is -0.299. The molecule has 3 nitrogen and oxygen atoms in total. The second kappa shape index (κ2) is 4.28. The molecule has 4 heteroatoms. The van der Waals surface area contributed by atoms with Crippen LogP contribution in [-0.2, 0) is 6.42 Å². The summed E-state index contributed by atoms with van der Waals surface area (Å²) in [5.41, 5.74) is 6.14. The van der Waals surface area contributed by atoms with Crippen molar-refractivity contribution in [3.05, 3.63) is 23.5 Å². The zero-order chi connectivity index (χ0) is 10.7. The zero-order valence-electron chi connectivity index (χ0n) is 8.25. The quantitative estimate of drug-likeness (QED) is 0.774. The van der Waals surface area contributed by atoms with Crippen LogP contribution in [0, 0.1) is 5.82 Å². The monoisotopic (exact) mass is 199 g/mol. The van der Waals surface area contributed by atoms with Gasteiger partial charge in [-0.2, -0.15) is 0 Å². The van der Waals surface area contributed by atoms with Crippen LogP contribution in [-0.4, -0.2) is 18.3 Å². The number of hydrogen-bond donors (Lipinski definition) is 2. The van der Waals surface area contributed by atoms with E-state index in [1.165, 1.54) is 13.2 Å². The molecule has 0 bridgehead atoms. The van der Waals surface area contributed by atoms with E-state index in [0.29, 0.717) is 17.7 Å². The van der Waals surface area contributed by atoms with Crippen molar-refractivity contribution in [3.8, 4) is 11.5 Å². The lowest BCUT2D eigenvalue weighted by molar-refractivity contribution is 0.392. The van der Waals surface area contributed by atoms with Gasteiger partial charge in [0.25, 0.3) is 0 Å². The van der Waals surface area contributed by atoms with Gasteiger partial charge >= 0.3 is 0 Å². The number of methoxy groups -OCH3 is 1. The van der Waals surface area contributed by atoms with Crippen LogP contribution in [0.3, 0.4) is 0 Å². The Morgan fingerprint density at radius 2 is 2.21 bits per heavy atom. The fourth-order valence-corrected chi connectivity index (χ4v) is 1.31. The molecule has 3 N–H and O–H groups in total. The van der Waals surface area contributed by atoms with E-state index in [4.69, 9.17) is 10.5 Å². The molecule has 0 aromatic heterocycles. The number of aromatic hydroxyl groups is 1. The van der Waals surface area contributed by atoms with E-state index in [-0.39, 0.29) is 11.8 Å². The van der Waals surface area contributed by atoms with Gasteiger partial charge in [-0.1, -0.05) is 0 Å². The molecule has 1 aromatic carbocycles. The predicted octanol–water partition coefficient (Wildman–Crippen LogP) is 1.43. The Balaban J connectivity index is 3.11. The summed E-state index contributed by atoms with van der Waals surface area (Å²) < 4.78 is 17.8. The van der Waals surface area contributed by atoms with Crippen LogP contribution < -0.4 is 10.5 Å². The molecular weight excluding hydrogens is 185 g/mol. The normalized spacial score (nSPS) is 12.6. The molecule has 0 aliphatic rings. The molecule has 1 atom stereocenters. The van der Waals surface area contributed by atoms with Gasteiger partial charge in [-0.3, -0.25) is 0 Å². The molecule has 14 heavy (non-hydrogen) atoms. The van der Waals surface area contributed by atoms with Crippen LogP contribution in [0.2, 0.25) is 0 Å². The number of phenols is 1. The second-order valence-electron chi connectivity index (χ2n) is 3.29. The van der Waals surface area contributed by atoms with Crippen molar-refractivity contribution in [2.75, 3.05) is 7.11 Å². The SMILES string of the molecule is COc1cc(F)cc(O)c1CC(C)N. The zero-order valence-corrected chi connectivity index (χ0v) is 8.25. The minimum absolute atomic E-state index is 0.111. The summed E-state index contributed by atoms with van der Waals surface area (Å²) in [7, 11) is 1.43. The molecule has 0 saturated heterocycles. The fourth-order valence-electron chi connectivity index (χ4n) is 1.31. The highest BCUT2D eigenvalue weighted by Gasteiger charge is 2.12. The molecule has 0 fully saturated rings. The van der Waals surface area contributed by atoms with Crippen molar-refractivity contribution in [2.24, 2.45) is 5.73 Å². The Bertz CT molecular complexity index is 326. The third-order valence-electron chi connectivity index (χ3n) is 1.90. The highest BCUT2D eigenvalue weighted by Crippen LogP contribution is 2.29. The predicted molar refractivity (Wildman–Crippen MR) is 52.0 cm³/mol. The molecule has 1 rings (SSSR count). The summed E-state index contributed by atoms with van der Waals surface area (Å²) in [6.07, 6.45) is 0.454. The van der Waals surface area contributed by atoms with Crippen LogP contribution >= 0.6 is 0 Å². The van der Waals surface area contributed by atoms with E-state index in [0.717, 1.165) is 6.07 Å². The minimum Gasteiger partial charge on any atom is -0.507 e. The second-order valence-corrected chi connectivity index (χ2v) is 3.29. The van der Waals surface area contributed by atoms with E-state index in [2.05, 4.69) is 0 Å². The van der Waals surface area contributed by atoms with E-state index >= 15 is 0 Å². The number of hydrogen-bond acceptors (Lipinski definition) is 3. The molecule has 1 unspecified atom stereocenters. The fraction of sp³-hybridized carbons (Fsp3) is 0.400.